The molecule has 0 fully saturated rings. The number of hydrogen-bond donors (Lipinski definition) is 0. The van der Waals surface area contributed by atoms with Crippen LogP contribution in [0.15, 0.2) is 42.5 Å². The maximum Gasteiger partial charge on any atom is 0.184 e. The van der Waals surface area contributed by atoms with Gasteiger partial charge in [0, 0.05) is 21.1 Å². The van der Waals surface area contributed by atoms with Crippen molar-refractivity contribution < 1.29 is 4.43 Å². The highest BCUT2D eigenvalue weighted by molar-refractivity contribution is 7.69. The molecule has 1 nitrogen and oxygen atoms in total. The molecule has 2 atom stereocenters. The van der Waals surface area contributed by atoms with Gasteiger partial charge in [-0.15, -0.1) is 0 Å². The third-order valence-corrected chi connectivity index (χ3v) is 47.9. The molecule has 1 aliphatic rings. The van der Waals surface area contributed by atoms with E-state index in [1.807, 2.05) is 0 Å². The summed E-state index contributed by atoms with van der Waals surface area (Å²) >= 11 is 0. The maximum absolute atomic E-state index is 7.45. The second-order valence-electron chi connectivity index (χ2n) is 11.1. The van der Waals surface area contributed by atoms with Crippen molar-refractivity contribution in [3.8, 4) is 0 Å². The van der Waals surface area contributed by atoms with Crippen LogP contribution in [-0.2, 0) is 9.65 Å². The van der Waals surface area contributed by atoms with E-state index in [0.29, 0.717) is 5.92 Å². The van der Waals surface area contributed by atoms with E-state index >= 15 is 0 Å². The lowest BCUT2D eigenvalue weighted by Crippen LogP contribution is -2.84. The van der Waals surface area contributed by atoms with Crippen LogP contribution in [0.3, 0.4) is 0 Å². The Morgan fingerprint density at radius 3 is 1.81 bits per heavy atom. The van der Waals surface area contributed by atoms with E-state index in [9.17, 15) is 0 Å². The number of benzene rings is 1. The van der Waals surface area contributed by atoms with E-state index < -0.39 is 30.6 Å². The normalized spacial score (nSPS) is 26.8. The molecule has 2 rings (SSSR count). The van der Waals surface area contributed by atoms with Crippen molar-refractivity contribution in [3.05, 3.63) is 48.0 Å². The van der Waals surface area contributed by atoms with Crippen LogP contribution in [-0.4, -0.2) is 30.6 Å². The second-order valence-corrected chi connectivity index (χ2v) is 43.2. The average Bonchev–Trinajstić information content (AvgIpc) is 2.46. The lowest BCUT2D eigenvalue weighted by atomic mass is 9.95. The van der Waals surface area contributed by atoms with Crippen LogP contribution in [0.5, 0.6) is 0 Å². The first kappa shape index (κ1) is 22.1. The Morgan fingerprint density at radius 1 is 0.885 bits per heavy atom. The number of allylic oxidation sites excluding steroid dienone is 1. The lowest BCUT2D eigenvalue weighted by Gasteiger charge is -2.65. The summed E-state index contributed by atoms with van der Waals surface area (Å²) in [6, 6.07) is 12.7. The summed E-state index contributed by atoms with van der Waals surface area (Å²) in [5.74, 6) is 0.454. The Kier molecular flexibility index (Phi) is 5.94. The van der Waals surface area contributed by atoms with E-state index in [1.54, 1.807) is 0 Å². The molecular weight excluding hydrogens is 381 g/mol. The molecule has 0 aliphatic carbocycles. The van der Waals surface area contributed by atoms with Gasteiger partial charge in [0.15, 0.2) is 8.32 Å². The average molecular weight is 421 g/mol. The van der Waals surface area contributed by atoms with Gasteiger partial charge in [0.25, 0.3) is 0 Å². The Hall–Kier alpha value is -0.212. The molecule has 5 heteroatoms. The highest BCUT2D eigenvalue weighted by Gasteiger charge is 2.69. The zero-order chi connectivity index (χ0) is 20.0. The Balaban J connectivity index is 2.97. The summed E-state index contributed by atoms with van der Waals surface area (Å²) in [5, 5.41) is -0.0670. The molecule has 0 spiro atoms. The molecule has 26 heavy (non-hydrogen) atoms. The van der Waals surface area contributed by atoms with Gasteiger partial charge < -0.3 is 4.43 Å². The van der Waals surface area contributed by atoms with Gasteiger partial charge in [0.2, 0.25) is 0 Å². The standard InChI is InChI=1S/C21H40OSi4/c1-19-15-14-18-26(24(5,6)7,25(8,9)10)21(19,22-23(2,3)4)20-16-12-11-13-17-20/h11-17,19H,18H2,1-10H3/t19-,21-/m1/s1. The zero-order valence-corrected chi connectivity index (χ0v) is 22.7. The summed E-state index contributed by atoms with van der Waals surface area (Å²) in [6.45, 7) is 25.5. The topological polar surface area (TPSA) is 9.23 Å². The molecule has 0 bridgehead atoms. The predicted octanol–water partition coefficient (Wildman–Crippen LogP) is 6.76. The molecular formula is C21H40OSi4. The molecule has 1 heterocycles. The molecule has 0 N–H and O–H groups in total. The smallest absolute Gasteiger partial charge is 0.184 e. The minimum Gasteiger partial charge on any atom is -0.411 e. The van der Waals surface area contributed by atoms with Gasteiger partial charge in [-0.05, 0) is 31.2 Å². The predicted molar refractivity (Wildman–Crippen MR) is 128 cm³/mol. The third kappa shape index (κ3) is 3.46. The fourth-order valence-electron chi connectivity index (χ4n) is 5.89. The van der Waals surface area contributed by atoms with Gasteiger partial charge in [-0.3, -0.25) is 0 Å². The molecule has 0 aromatic heterocycles. The lowest BCUT2D eigenvalue weighted by molar-refractivity contribution is 0.0981. The first-order chi connectivity index (χ1) is 11.7. The van der Waals surface area contributed by atoms with Crippen LogP contribution in [0.1, 0.15) is 12.5 Å². The molecule has 0 saturated heterocycles. The summed E-state index contributed by atoms with van der Waals surface area (Å²) < 4.78 is 7.45. The number of hydrogen-bond acceptors (Lipinski definition) is 1. The summed E-state index contributed by atoms with van der Waals surface area (Å²) in [7, 11) is -6.43. The monoisotopic (exact) mass is 420 g/mol. The van der Waals surface area contributed by atoms with Crippen LogP contribution < -0.4 is 0 Å². The minimum atomic E-state index is -1.78. The van der Waals surface area contributed by atoms with E-state index in [1.165, 1.54) is 11.6 Å². The van der Waals surface area contributed by atoms with Crippen molar-refractivity contribution in [2.45, 2.75) is 77.1 Å². The van der Waals surface area contributed by atoms with Crippen LogP contribution >= 0.6 is 0 Å². The van der Waals surface area contributed by atoms with Gasteiger partial charge in [-0.1, -0.05) is 88.7 Å². The van der Waals surface area contributed by atoms with Gasteiger partial charge in [-0.2, -0.15) is 0 Å². The fourth-order valence-corrected chi connectivity index (χ4v) is 58.0. The first-order valence-electron chi connectivity index (χ1n) is 10.1. The van der Waals surface area contributed by atoms with Crippen molar-refractivity contribution in [2.75, 3.05) is 0 Å². The van der Waals surface area contributed by atoms with E-state index in [0.717, 1.165) is 0 Å². The third-order valence-electron chi connectivity index (χ3n) is 6.35. The van der Waals surface area contributed by atoms with Crippen molar-refractivity contribution in [1.82, 2.24) is 0 Å². The molecule has 1 aliphatic heterocycles. The van der Waals surface area contributed by atoms with E-state index in [4.69, 9.17) is 4.43 Å². The first-order valence-corrected chi connectivity index (χ1v) is 24.7. The van der Waals surface area contributed by atoms with Gasteiger partial charge in [-0.25, -0.2) is 0 Å². The van der Waals surface area contributed by atoms with E-state index in [2.05, 4.69) is 108 Å². The SMILES string of the molecule is C[C@@H]1C=CC[Si]([Si](C)(C)C)([Si](C)(C)C)[C@@]1(O[Si](C)(C)C)c1ccccc1. The molecule has 0 saturated carbocycles. The number of rotatable bonds is 5. The fraction of sp³-hybridized carbons (Fsp3) is 0.619. The van der Waals surface area contributed by atoms with Gasteiger partial charge in [0.05, 0.1) is 12.3 Å². The van der Waals surface area contributed by atoms with Gasteiger partial charge in [0.1, 0.15) is 0 Å². The van der Waals surface area contributed by atoms with Crippen molar-refractivity contribution >= 4 is 30.6 Å². The Labute approximate surface area is 166 Å². The molecule has 1 aromatic rings. The van der Waals surface area contributed by atoms with Crippen LogP contribution in [0, 0.1) is 5.92 Å². The van der Waals surface area contributed by atoms with Crippen molar-refractivity contribution in [2.24, 2.45) is 5.92 Å². The second kappa shape index (κ2) is 6.99. The van der Waals surface area contributed by atoms with Crippen LogP contribution in [0.25, 0.3) is 0 Å². The highest BCUT2D eigenvalue weighted by atomic mass is 29.6. The Morgan fingerprint density at radius 2 is 1.38 bits per heavy atom. The quantitative estimate of drug-likeness (QED) is 0.377. The highest BCUT2D eigenvalue weighted by Crippen LogP contribution is 2.55. The zero-order valence-electron chi connectivity index (χ0n) is 18.7. The molecule has 0 unspecified atom stereocenters. The van der Waals surface area contributed by atoms with Gasteiger partial charge >= 0.3 is 0 Å². The molecule has 0 radical (unpaired) electrons. The summed E-state index contributed by atoms with van der Waals surface area (Å²) in [4.78, 5) is 0. The van der Waals surface area contributed by atoms with Crippen LogP contribution in [0.4, 0.5) is 0 Å². The van der Waals surface area contributed by atoms with Crippen molar-refractivity contribution in [1.29, 1.82) is 0 Å². The minimum absolute atomic E-state index is 0.0670. The Bertz CT molecular complexity index is 635. The van der Waals surface area contributed by atoms with Crippen LogP contribution in [0.2, 0.25) is 65.0 Å². The maximum atomic E-state index is 7.45. The van der Waals surface area contributed by atoms with Crippen molar-refractivity contribution in [3.63, 3.8) is 0 Å². The largest absolute Gasteiger partial charge is 0.411 e. The molecule has 1 aromatic carbocycles. The summed E-state index contributed by atoms with van der Waals surface area (Å²) in [6.07, 6.45) is 5.01. The summed E-state index contributed by atoms with van der Waals surface area (Å²) in [5.41, 5.74) is 1.47. The molecule has 146 valence electrons. The molecule has 0 amide bonds. The van der Waals surface area contributed by atoms with E-state index in [-0.39, 0.29) is 5.22 Å².